The van der Waals surface area contributed by atoms with Crippen molar-refractivity contribution in [1.29, 1.82) is 0 Å². The number of nitro groups is 1. The quantitative estimate of drug-likeness (QED) is 0.553. The predicted molar refractivity (Wildman–Crippen MR) is 60.4 cm³/mol. The SMILES string of the molecule is CN=C1Nc2cc([N+](=O)[O-])ccc2S(=O)(=O)N1. The molecule has 0 amide bonds. The van der Waals surface area contributed by atoms with Gasteiger partial charge in [-0.15, -0.1) is 0 Å². The second-order valence-corrected chi connectivity index (χ2v) is 4.89. The minimum Gasteiger partial charge on any atom is -0.324 e. The number of sulfonamides is 1. The summed E-state index contributed by atoms with van der Waals surface area (Å²) in [6, 6.07) is 3.46. The van der Waals surface area contributed by atoms with Gasteiger partial charge >= 0.3 is 0 Å². The summed E-state index contributed by atoms with van der Waals surface area (Å²) in [5, 5.41) is 13.2. The van der Waals surface area contributed by atoms with E-state index < -0.39 is 14.9 Å². The number of nitrogens with zero attached hydrogens (tertiary/aromatic N) is 2. The minimum atomic E-state index is -3.71. The fourth-order valence-electron chi connectivity index (χ4n) is 1.40. The number of nitro benzene ring substituents is 1. The zero-order valence-electron chi connectivity index (χ0n) is 8.67. The van der Waals surface area contributed by atoms with Gasteiger partial charge in [-0.3, -0.25) is 15.1 Å². The van der Waals surface area contributed by atoms with Crippen LogP contribution in [-0.2, 0) is 10.0 Å². The molecule has 1 aliphatic rings. The molecule has 17 heavy (non-hydrogen) atoms. The first-order valence-corrected chi connectivity index (χ1v) is 5.97. The molecule has 2 N–H and O–H groups in total. The molecule has 1 aliphatic heterocycles. The Labute approximate surface area is 96.6 Å². The Morgan fingerprint density at radius 1 is 1.41 bits per heavy atom. The molecule has 0 atom stereocenters. The van der Waals surface area contributed by atoms with Crippen molar-refractivity contribution in [3.63, 3.8) is 0 Å². The maximum atomic E-state index is 11.7. The molecule has 0 bridgehead atoms. The number of rotatable bonds is 1. The molecule has 8 nitrogen and oxygen atoms in total. The van der Waals surface area contributed by atoms with E-state index in [2.05, 4.69) is 15.0 Å². The van der Waals surface area contributed by atoms with Crippen LogP contribution in [0.3, 0.4) is 0 Å². The standard InChI is InChI=1S/C8H8N4O4S/c1-9-8-10-6-4-5(12(13)14)2-3-7(6)17(15,16)11-8/h2-4H,1H3,(H2,9,10,11). The number of aliphatic imine (C=N–C) groups is 1. The van der Waals surface area contributed by atoms with E-state index in [1.807, 2.05) is 0 Å². The summed E-state index contributed by atoms with van der Waals surface area (Å²) < 4.78 is 25.6. The average molecular weight is 256 g/mol. The summed E-state index contributed by atoms with van der Waals surface area (Å²) in [4.78, 5) is 13.6. The zero-order chi connectivity index (χ0) is 12.6. The van der Waals surface area contributed by atoms with Crippen LogP contribution in [0, 0.1) is 10.1 Å². The van der Waals surface area contributed by atoms with Crippen LogP contribution in [0.15, 0.2) is 28.1 Å². The van der Waals surface area contributed by atoms with Crippen molar-refractivity contribution >= 4 is 27.4 Å². The van der Waals surface area contributed by atoms with Crippen LogP contribution in [-0.4, -0.2) is 26.3 Å². The zero-order valence-corrected chi connectivity index (χ0v) is 9.48. The normalized spacial score (nSPS) is 19.0. The second-order valence-electron chi connectivity index (χ2n) is 3.24. The first kappa shape index (κ1) is 11.3. The van der Waals surface area contributed by atoms with Gasteiger partial charge in [0.25, 0.3) is 15.7 Å². The monoisotopic (exact) mass is 256 g/mol. The Kier molecular flexibility index (Phi) is 2.46. The maximum Gasteiger partial charge on any atom is 0.271 e. The lowest BCUT2D eigenvalue weighted by Gasteiger charge is -2.20. The van der Waals surface area contributed by atoms with Crippen molar-refractivity contribution in [2.24, 2.45) is 4.99 Å². The van der Waals surface area contributed by atoms with Crippen LogP contribution in [0.25, 0.3) is 0 Å². The highest BCUT2D eigenvalue weighted by molar-refractivity contribution is 7.90. The number of hydrogen-bond acceptors (Lipinski definition) is 5. The topological polar surface area (TPSA) is 114 Å². The Morgan fingerprint density at radius 3 is 2.71 bits per heavy atom. The van der Waals surface area contributed by atoms with E-state index in [0.29, 0.717) is 0 Å². The van der Waals surface area contributed by atoms with Crippen LogP contribution >= 0.6 is 0 Å². The molecule has 0 aromatic heterocycles. The molecule has 1 heterocycles. The third-order valence-corrected chi connectivity index (χ3v) is 3.57. The summed E-state index contributed by atoms with van der Waals surface area (Å²) in [7, 11) is -2.32. The fraction of sp³-hybridized carbons (Fsp3) is 0.125. The Hall–Kier alpha value is -2.16. The van der Waals surface area contributed by atoms with E-state index in [-0.39, 0.29) is 22.2 Å². The van der Waals surface area contributed by atoms with E-state index in [0.717, 1.165) is 12.1 Å². The van der Waals surface area contributed by atoms with Gasteiger partial charge in [0.05, 0.1) is 10.6 Å². The number of non-ortho nitro benzene ring substituents is 1. The first-order valence-electron chi connectivity index (χ1n) is 4.49. The summed E-state index contributed by atoms with van der Waals surface area (Å²) in [5.74, 6) is 0.0259. The molecule has 0 unspecified atom stereocenters. The van der Waals surface area contributed by atoms with E-state index in [1.54, 1.807) is 0 Å². The van der Waals surface area contributed by atoms with Crippen molar-refractivity contribution in [3.8, 4) is 0 Å². The molecule has 0 fully saturated rings. The molecule has 1 aromatic rings. The van der Waals surface area contributed by atoms with Gasteiger partial charge in [-0.25, -0.2) is 13.1 Å². The number of benzene rings is 1. The van der Waals surface area contributed by atoms with Gasteiger partial charge in [-0.2, -0.15) is 0 Å². The van der Waals surface area contributed by atoms with Crippen LogP contribution in [0.5, 0.6) is 0 Å². The molecule has 0 aliphatic carbocycles. The lowest BCUT2D eigenvalue weighted by molar-refractivity contribution is -0.384. The van der Waals surface area contributed by atoms with E-state index >= 15 is 0 Å². The predicted octanol–water partition coefficient (Wildman–Crippen LogP) is 0.284. The third kappa shape index (κ3) is 1.91. The number of hydrogen-bond donors (Lipinski definition) is 2. The van der Waals surface area contributed by atoms with Crippen molar-refractivity contribution in [3.05, 3.63) is 28.3 Å². The summed E-state index contributed by atoms with van der Waals surface area (Å²) in [5.41, 5.74) is -0.0534. The van der Waals surface area contributed by atoms with Gasteiger partial charge in [-0.1, -0.05) is 0 Å². The third-order valence-electron chi connectivity index (χ3n) is 2.17. The van der Waals surface area contributed by atoms with Gasteiger partial charge in [0.1, 0.15) is 4.90 Å². The average Bonchev–Trinajstić information content (AvgIpc) is 2.27. The summed E-state index contributed by atoms with van der Waals surface area (Å²) in [6.07, 6.45) is 0. The summed E-state index contributed by atoms with van der Waals surface area (Å²) >= 11 is 0. The van der Waals surface area contributed by atoms with Gasteiger partial charge in [0, 0.05) is 19.2 Å². The number of anilines is 1. The Bertz CT molecular complexity index is 622. The molecule has 0 radical (unpaired) electrons. The Morgan fingerprint density at radius 2 is 2.12 bits per heavy atom. The highest BCUT2D eigenvalue weighted by Gasteiger charge is 2.27. The van der Waals surface area contributed by atoms with E-state index in [4.69, 9.17) is 0 Å². The largest absolute Gasteiger partial charge is 0.324 e. The Balaban J connectivity index is 2.63. The van der Waals surface area contributed by atoms with Gasteiger partial charge < -0.3 is 5.32 Å². The molecule has 9 heteroatoms. The number of fused-ring (bicyclic) bond motifs is 1. The second kappa shape index (κ2) is 3.70. The molecule has 2 rings (SSSR count). The van der Waals surface area contributed by atoms with Gasteiger partial charge in [0.15, 0.2) is 0 Å². The van der Waals surface area contributed by atoms with Crippen LogP contribution in [0.4, 0.5) is 11.4 Å². The first-order chi connectivity index (χ1) is 7.94. The van der Waals surface area contributed by atoms with Crippen LogP contribution in [0.2, 0.25) is 0 Å². The maximum absolute atomic E-state index is 11.7. The van der Waals surface area contributed by atoms with Crippen LogP contribution in [0.1, 0.15) is 0 Å². The molecule has 90 valence electrons. The highest BCUT2D eigenvalue weighted by Crippen LogP contribution is 2.28. The van der Waals surface area contributed by atoms with Crippen molar-refractivity contribution in [1.82, 2.24) is 4.72 Å². The number of guanidine groups is 1. The van der Waals surface area contributed by atoms with Crippen molar-refractivity contribution < 1.29 is 13.3 Å². The van der Waals surface area contributed by atoms with Crippen molar-refractivity contribution in [2.45, 2.75) is 4.90 Å². The fourth-order valence-corrected chi connectivity index (χ4v) is 2.55. The highest BCUT2D eigenvalue weighted by atomic mass is 32.2. The lowest BCUT2D eigenvalue weighted by Crippen LogP contribution is -2.40. The van der Waals surface area contributed by atoms with Crippen LogP contribution < -0.4 is 10.0 Å². The molecule has 0 saturated carbocycles. The van der Waals surface area contributed by atoms with Gasteiger partial charge in [0.2, 0.25) is 5.96 Å². The van der Waals surface area contributed by atoms with Gasteiger partial charge in [-0.05, 0) is 6.07 Å². The molecule has 0 saturated heterocycles. The number of nitrogens with one attached hydrogen (secondary N) is 2. The molecule has 0 spiro atoms. The minimum absolute atomic E-state index is 0.0259. The molecular formula is C8H8N4O4S. The molecule has 1 aromatic carbocycles. The van der Waals surface area contributed by atoms with Crippen molar-refractivity contribution in [2.75, 3.05) is 12.4 Å². The summed E-state index contributed by atoms with van der Waals surface area (Å²) in [6.45, 7) is 0. The molecular weight excluding hydrogens is 248 g/mol. The smallest absolute Gasteiger partial charge is 0.271 e. The van der Waals surface area contributed by atoms with E-state index in [9.17, 15) is 18.5 Å². The van der Waals surface area contributed by atoms with E-state index in [1.165, 1.54) is 13.1 Å². The lowest BCUT2D eigenvalue weighted by atomic mass is 10.3.